The van der Waals surface area contributed by atoms with E-state index in [-0.39, 0.29) is 35.2 Å². The number of hydrogen-bond acceptors (Lipinski definition) is 9. The third-order valence-electron chi connectivity index (χ3n) is 5.42. The SMILES string of the molecule is O=C(Oc1cccc(/C=C2\SC(=O)N(Cc3cc4c(cc3Cl)OCO4)C2=O)c1)c1ccc([N+](=O)[O-])cc1. The molecule has 0 radical (unpaired) electrons. The Balaban J connectivity index is 1.30. The van der Waals surface area contributed by atoms with Crippen LogP contribution >= 0.6 is 23.4 Å². The first kappa shape index (κ1) is 24.3. The van der Waals surface area contributed by atoms with E-state index in [9.17, 15) is 24.5 Å². The fraction of sp³-hybridized carbons (Fsp3) is 0.0800. The van der Waals surface area contributed by atoms with E-state index in [0.717, 1.165) is 16.7 Å². The third kappa shape index (κ3) is 5.13. The van der Waals surface area contributed by atoms with Crippen molar-refractivity contribution in [3.8, 4) is 17.2 Å². The maximum Gasteiger partial charge on any atom is 0.343 e. The molecule has 0 unspecified atom stereocenters. The Kier molecular flexibility index (Phi) is 6.55. The highest BCUT2D eigenvalue weighted by Crippen LogP contribution is 2.39. The molecule has 0 saturated carbocycles. The van der Waals surface area contributed by atoms with Crippen LogP contribution in [-0.4, -0.2) is 33.7 Å². The van der Waals surface area contributed by atoms with Gasteiger partial charge in [0.25, 0.3) is 16.8 Å². The molecule has 3 aromatic carbocycles. The topological polar surface area (TPSA) is 125 Å². The first-order valence-electron chi connectivity index (χ1n) is 10.7. The summed E-state index contributed by atoms with van der Waals surface area (Å²) >= 11 is 7.08. The van der Waals surface area contributed by atoms with Gasteiger partial charge in [0, 0.05) is 23.2 Å². The van der Waals surface area contributed by atoms with Crippen molar-refractivity contribution in [1.29, 1.82) is 0 Å². The lowest BCUT2D eigenvalue weighted by Gasteiger charge is -2.14. The third-order valence-corrected chi connectivity index (χ3v) is 6.68. The fourth-order valence-corrected chi connectivity index (χ4v) is 4.64. The van der Waals surface area contributed by atoms with Gasteiger partial charge in [-0.05, 0) is 59.3 Å². The molecule has 1 saturated heterocycles. The molecule has 2 aliphatic rings. The van der Waals surface area contributed by atoms with E-state index in [1.807, 2.05) is 0 Å². The summed E-state index contributed by atoms with van der Waals surface area (Å²) in [5.41, 5.74) is 1.06. The van der Waals surface area contributed by atoms with Crippen LogP contribution in [0.15, 0.2) is 65.6 Å². The molecule has 0 aromatic heterocycles. The Hall–Kier alpha value is -4.35. The standard InChI is InChI=1S/C25H15ClN2O8S/c26-19-11-21-20(34-13-35-21)10-16(19)12-27-23(29)22(37-25(27)31)9-14-2-1-3-18(8-14)36-24(30)15-4-6-17(7-5-15)28(32)33/h1-11H,12-13H2/b22-9-. The first-order chi connectivity index (χ1) is 17.8. The molecule has 3 aromatic rings. The number of thioether (sulfide) groups is 1. The van der Waals surface area contributed by atoms with Crippen LogP contribution in [0.2, 0.25) is 5.02 Å². The molecule has 0 atom stereocenters. The van der Waals surface area contributed by atoms with Gasteiger partial charge in [0.15, 0.2) is 11.5 Å². The molecular weight excluding hydrogens is 524 g/mol. The number of ether oxygens (including phenoxy) is 3. The lowest BCUT2D eigenvalue weighted by molar-refractivity contribution is -0.384. The highest BCUT2D eigenvalue weighted by molar-refractivity contribution is 8.18. The number of nitro groups is 1. The van der Waals surface area contributed by atoms with Crippen LogP contribution in [0, 0.1) is 10.1 Å². The van der Waals surface area contributed by atoms with Crippen molar-refractivity contribution < 1.29 is 33.5 Å². The summed E-state index contributed by atoms with van der Waals surface area (Å²) in [5.74, 6) is -0.00703. The maximum atomic E-state index is 13.0. The van der Waals surface area contributed by atoms with Crippen LogP contribution in [0.1, 0.15) is 21.5 Å². The van der Waals surface area contributed by atoms with E-state index in [2.05, 4.69) is 0 Å². The number of nitro benzene ring substituents is 1. The molecule has 5 rings (SSSR count). The van der Waals surface area contributed by atoms with Crippen molar-refractivity contribution in [2.45, 2.75) is 6.54 Å². The number of carbonyl (C=O) groups excluding carboxylic acids is 3. The minimum Gasteiger partial charge on any atom is -0.454 e. The van der Waals surface area contributed by atoms with Crippen molar-refractivity contribution in [1.82, 2.24) is 4.90 Å². The molecule has 0 aliphatic carbocycles. The molecule has 0 N–H and O–H groups in total. The van der Waals surface area contributed by atoms with E-state index in [1.54, 1.807) is 30.3 Å². The Morgan fingerprint density at radius 1 is 1.11 bits per heavy atom. The number of nitrogens with zero attached hydrogens (tertiary/aromatic N) is 2. The van der Waals surface area contributed by atoms with Gasteiger partial charge >= 0.3 is 5.97 Å². The van der Waals surface area contributed by atoms with Gasteiger partial charge in [-0.2, -0.15) is 0 Å². The van der Waals surface area contributed by atoms with Gasteiger partial charge in [-0.1, -0.05) is 23.7 Å². The normalized spacial score (nSPS) is 15.4. The van der Waals surface area contributed by atoms with Gasteiger partial charge < -0.3 is 14.2 Å². The largest absolute Gasteiger partial charge is 0.454 e. The monoisotopic (exact) mass is 538 g/mol. The molecule has 2 amide bonds. The second kappa shape index (κ2) is 9.96. The Morgan fingerprint density at radius 3 is 2.57 bits per heavy atom. The predicted molar refractivity (Wildman–Crippen MR) is 134 cm³/mol. The molecule has 186 valence electrons. The summed E-state index contributed by atoms with van der Waals surface area (Å²) < 4.78 is 16.0. The second-order valence-corrected chi connectivity index (χ2v) is 9.23. The molecule has 1 fully saturated rings. The quantitative estimate of drug-likeness (QED) is 0.133. The minimum absolute atomic E-state index is 0.0373. The number of amides is 2. The summed E-state index contributed by atoms with van der Waals surface area (Å²) in [5, 5.41) is 10.7. The zero-order valence-corrected chi connectivity index (χ0v) is 20.3. The fourth-order valence-electron chi connectivity index (χ4n) is 3.59. The predicted octanol–water partition coefficient (Wildman–Crippen LogP) is 5.43. The van der Waals surface area contributed by atoms with Crippen LogP contribution in [0.4, 0.5) is 10.5 Å². The van der Waals surface area contributed by atoms with Crippen LogP contribution in [-0.2, 0) is 11.3 Å². The molecule has 12 heteroatoms. The van der Waals surface area contributed by atoms with Crippen molar-refractivity contribution in [3.63, 3.8) is 0 Å². The van der Waals surface area contributed by atoms with E-state index in [4.69, 9.17) is 25.8 Å². The minimum atomic E-state index is -0.701. The number of rotatable bonds is 6. The van der Waals surface area contributed by atoms with Gasteiger partial charge in [0.1, 0.15) is 5.75 Å². The Labute approximate surface area is 218 Å². The number of carbonyl (C=O) groups is 3. The number of esters is 1. The van der Waals surface area contributed by atoms with Crippen LogP contribution in [0.3, 0.4) is 0 Å². The average Bonchev–Trinajstić information content (AvgIpc) is 3.43. The van der Waals surface area contributed by atoms with Crippen molar-refractivity contribution in [2.75, 3.05) is 6.79 Å². The van der Waals surface area contributed by atoms with Gasteiger partial charge in [-0.15, -0.1) is 0 Å². The van der Waals surface area contributed by atoms with E-state index in [0.29, 0.717) is 27.6 Å². The summed E-state index contributed by atoms with van der Waals surface area (Å²) in [6.45, 7) is 0.0338. The number of halogens is 1. The molecule has 2 heterocycles. The van der Waals surface area contributed by atoms with E-state index >= 15 is 0 Å². The van der Waals surface area contributed by atoms with Crippen LogP contribution in [0.25, 0.3) is 6.08 Å². The van der Waals surface area contributed by atoms with Gasteiger partial charge in [-0.3, -0.25) is 24.6 Å². The van der Waals surface area contributed by atoms with Gasteiger partial charge in [0.05, 0.1) is 21.9 Å². The number of non-ortho nitro benzene ring substituents is 1. The average molecular weight is 539 g/mol. The van der Waals surface area contributed by atoms with Crippen molar-refractivity contribution in [2.24, 2.45) is 0 Å². The number of benzene rings is 3. The highest BCUT2D eigenvalue weighted by Gasteiger charge is 2.35. The van der Waals surface area contributed by atoms with E-state index < -0.39 is 22.0 Å². The zero-order valence-electron chi connectivity index (χ0n) is 18.7. The zero-order chi connectivity index (χ0) is 26.1. The molecule has 10 nitrogen and oxygen atoms in total. The van der Waals surface area contributed by atoms with Gasteiger partial charge in [0.2, 0.25) is 6.79 Å². The molecule has 2 aliphatic heterocycles. The Morgan fingerprint density at radius 2 is 1.84 bits per heavy atom. The summed E-state index contributed by atoms with van der Waals surface area (Å²) in [7, 11) is 0. The number of hydrogen-bond donors (Lipinski definition) is 0. The van der Waals surface area contributed by atoms with Crippen molar-refractivity contribution in [3.05, 3.63) is 97.4 Å². The Bertz CT molecular complexity index is 1490. The molecule has 0 bridgehead atoms. The lowest BCUT2D eigenvalue weighted by Crippen LogP contribution is -2.27. The maximum absolute atomic E-state index is 13.0. The second-order valence-electron chi connectivity index (χ2n) is 7.83. The smallest absolute Gasteiger partial charge is 0.343 e. The first-order valence-corrected chi connectivity index (χ1v) is 11.9. The molecule has 0 spiro atoms. The highest BCUT2D eigenvalue weighted by atomic mass is 35.5. The summed E-state index contributed by atoms with van der Waals surface area (Å²) in [6.07, 6.45) is 1.52. The summed E-state index contributed by atoms with van der Waals surface area (Å²) in [6, 6.07) is 14.6. The number of imide groups is 1. The van der Waals surface area contributed by atoms with E-state index in [1.165, 1.54) is 36.4 Å². The van der Waals surface area contributed by atoms with Crippen LogP contribution in [0.5, 0.6) is 17.2 Å². The number of fused-ring (bicyclic) bond motifs is 1. The molecular formula is C25H15ClN2O8S. The van der Waals surface area contributed by atoms with Crippen molar-refractivity contribution >= 4 is 52.2 Å². The van der Waals surface area contributed by atoms with Gasteiger partial charge in [-0.25, -0.2) is 4.79 Å². The lowest BCUT2D eigenvalue weighted by atomic mass is 10.1. The summed E-state index contributed by atoms with van der Waals surface area (Å²) in [4.78, 5) is 49.5. The molecule has 37 heavy (non-hydrogen) atoms. The van der Waals surface area contributed by atoms with Crippen LogP contribution < -0.4 is 14.2 Å².